The molecule has 0 amide bonds. The fraction of sp³-hybridized carbons (Fsp3) is 0.394. The van der Waals surface area contributed by atoms with Gasteiger partial charge < -0.3 is 25.3 Å². The number of carbonyl (C=O) groups excluding carboxylic acids is 1. The topological polar surface area (TPSA) is 87.5 Å². The number of likely N-dealkylation sites (tertiary alicyclic amines) is 1. The Morgan fingerprint density at radius 3 is 2.50 bits per heavy atom. The summed E-state index contributed by atoms with van der Waals surface area (Å²) in [7, 11) is 0. The van der Waals surface area contributed by atoms with Crippen LogP contribution in [0.2, 0.25) is 0 Å². The van der Waals surface area contributed by atoms with E-state index in [2.05, 4.69) is 65.2 Å². The van der Waals surface area contributed by atoms with Crippen molar-refractivity contribution in [2.45, 2.75) is 45.6 Å². The first-order chi connectivity index (χ1) is 19.4. The zero-order valence-corrected chi connectivity index (χ0v) is 24.0. The number of allylic oxidation sites excluding steroid dienone is 5. The van der Waals surface area contributed by atoms with Crippen molar-refractivity contribution < 1.29 is 9.53 Å². The van der Waals surface area contributed by atoms with E-state index >= 15 is 0 Å². The number of nitrogens with two attached hydrogens (primary N) is 1. The molecule has 2 fully saturated rings. The van der Waals surface area contributed by atoms with Gasteiger partial charge in [-0.2, -0.15) is 0 Å². The zero-order chi connectivity index (χ0) is 28.5. The minimum absolute atomic E-state index is 0.227. The summed E-state index contributed by atoms with van der Waals surface area (Å²) >= 11 is 0. The molecule has 0 aliphatic carbocycles. The number of nitrogens with one attached hydrogen (secondary N) is 1. The molecular weight excluding hydrogens is 498 g/mol. The van der Waals surface area contributed by atoms with Gasteiger partial charge in [-0.05, 0) is 50.5 Å². The first kappa shape index (κ1) is 29.3. The molecule has 1 aromatic carbocycles. The van der Waals surface area contributed by atoms with Gasteiger partial charge in [0.25, 0.3) is 0 Å². The molecule has 40 heavy (non-hydrogen) atoms. The third-order valence-corrected chi connectivity index (χ3v) is 7.43. The Morgan fingerprint density at radius 2 is 1.85 bits per heavy atom. The van der Waals surface area contributed by atoms with Crippen LogP contribution < -0.4 is 16.4 Å². The van der Waals surface area contributed by atoms with Crippen molar-refractivity contribution in [3.05, 3.63) is 89.3 Å². The fourth-order valence-corrected chi connectivity index (χ4v) is 5.20. The third-order valence-electron chi connectivity index (χ3n) is 7.43. The van der Waals surface area contributed by atoms with Crippen LogP contribution >= 0.6 is 0 Å². The van der Waals surface area contributed by atoms with E-state index in [1.807, 2.05) is 19.1 Å². The molecule has 3 heterocycles. The Hall–Kier alpha value is -3.68. The number of nitrogens with zero attached hydrogens (tertiary/aromatic N) is 3. The van der Waals surface area contributed by atoms with Crippen molar-refractivity contribution in [1.82, 2.24) is 19.8 Å². The van der Waals surface area contributed by atoms with Gasteiger partial charge in [-0.15, -0.1) is 0 Å². The summed E-state index contributed by atoms with van der Waals surface area (Å²) in [6.07, 6.45) is 12.3. The molecule has 2 aromatic rings. The van der Waals surface area contributed by atoms with Crippen molar-refractivity contribution in [2.75, 3.05) is 39.4 Å². The first-order valence-corrected chi connectivity index (χ1v) is 14.2. The van der Waals surface area contributed by atoms with Crippen molar-refractivity contribution in [3.8, 4) is 11.4 Å². The minimum Gasteiger partial charge on any atom is -0.378 e. The molecule has 0 atom stereocenters. The Balaban J connectivity index is 1.34. The van der Waals surface area contributed by atoms with Gasteiger partial charge in [0.05, 0.1) is 18.6 Å². The summed E-state index contributed by atoms with van der Waals surface area (Å²) in [6.45, 7) is 16.7. The second kappa shape index (κ2) is 14.1. The van der Waals surface area contributed by atoms with E-state index in [0.717, 1.165) is 91.3 Å². The summed E-state index contributed by atoms with van der Waals surface area (Å²) in [5.41, 5.74) is 11.5. The number of morpholine rings is 1. The molecule has 2 saturated heterocycles. The van der Waals surface area contributed by atoms with E-state index in [1.54, 1.807) is 12.2 Å². The largest absolute Gasteiger partial charge is 0.378 e. The molecule has 0 saturated carbocycles. The Kier molecular flexibility index (Phi) is 10.3. The molecule has 7 heteroatoms. The zero-order valence-electron chi connectivity index (χ0n) is 24.0. The van der Waals surface area contributed by atoms with E-state index in [9.17, 15) is 4.79 Å². The number of aromatic nitrogens is 2. The second-order valence-electron chi connectivity index (χ2n) is 10.7. The number of hydrogen-bond donors (Lipinski definition) is 2. The Morgan fingerprint density at radius 1 is 1.12 bits per heavy atom. The van der Waals surface area contributed by atoms with E-state index in [-0.39, 0.29) is 11.8 Å². The molecule has 3 N–H and O–H groups in total. The van der Waals surface area contributed by atoms with Gasteiger partial charge in [0.1, 0.15) is 17.0 Å². The molecule has 2 aliphatic heterocycles. The highest BCUT2D eigenvalue weighted by molar-refractivity contribution is 5.80. The van der Waals surface area contributed by atoms with E-state index in [1.165, 1.54) is 5.56 Å². The average Bonchev–Trinajstić information content (AvgIpc) is 3.35. The van der Waals surface area contributed by atoms with Crippen molar-refractivity contribution in [3.63, 3.8) is 0 Å². The fourth-order valence-electron chi connectivity index (χ4n) is 5.20. The van der Waals surface area contributed by atoms with E-state index in [4.69, 9.17) is 15.5 Å². The molecule has 212 valence electrons. The van der Waals surface area contributed by atoms with Gasteiger partial charge in [-0.1, -0.05) is 55.1 Å². The highest BCUT2D eigenvalue weighted by atomic mass is 16.5. The first-order valence-electron chi connectivity index (χ1n) is 14.2. The van der Waals surface area contributed by atoms with Crippen LogP contribution in [0.15, 0.2) is 73.0 Å². The molecule has 0 radical (unpaired) electrons. The Labute approximate surface area is 238 Å². The number of ketones is 1. The molecular formula is C33H43N5O2. The normalized spacial score (nSPS) is 18.0. The molecule has 1 aromatic heterocycles. The minimum atomic E-state index is 0.227. The quantitative estimate of drug-likeness (QED) is 0.401. The Bertz CT molecular complexity index is 1370. The SMILES string of the molecule is C=C/C=C(\C=C(/C)CC(=O)CCCc1ccc(-c2nc(=C(/C)N3CCOCC3)/c(=C\C=C)[nH]2)cc1)N1CC(N)C1. The molecule has 0 unspecified atom stereocenters. The number of imidazole rings is 1. The van der Waals surface area contributed by atoms with Crippen LogP contribution in [0.3, 0.4) is 0 Å². The number of Topliss-reactive ketones (excluding diaryl/α,β-unsaturated/α-hetero) is 1. The van der Waals surface area contributed by atoms with Crippen LogP contribution in [-0.2, 0) is 16.0 Å². The van der Waals surface area contributed by atoms with Crippen molar-refractivity contribution in [1.29, 1.82) is 0 Å². The van der Waals surface area contributed by atoms with Crippen LogP contribution in [0.4, 0.5) is 0 Å². The van der Waals surface area contributed by atoms with E-state index < -0.39 is 0 Å². The number of aryl methyl sites for hydroxylation is 1. The van der Waals surface area contributed by atoms with Gasteiger partial charge in [0, 0.05) is 62.0 Å². The maximum Gasteiger partial charge on any atom is 0.138 e. The smallest absolute Gasteiger partial charge is 0.138 e. The van der Waals surface area contributed by atoms with Crippen LogP contribution in [-0.4, -0.2) is 71.0 Å². The molecule has 2 aliphatic rings. The standard InChI is InChI=1S/C33H43N5O2/c1-5-8-29(38-22-28(34)23-38)20-24(3)21-30(39)11-7-10-26-12-14-27(15-13-26)33-35-31(9-6-2)32(36-33)25(4)37-16-18-40-19-17-37/h5-6,8-9,12-15,20,28H,1-2,7,10-11,16-19,21-23,34H2,3-4H3,(H,35,36)/b24-20+,29-8+,31-9+,32-25-. The van der Waals surface area contributed by atoms with Crippen LogP contribution in [0.1, 0.15) is 38.7 Å². The maximum absolute atomic E-state index is 12.6. The summed E-state index contributed by atoms with van der Waals surface area (Å²) < 4.78 is 5.51. The van der Waals surface area contributed by atoms with Crippen molar-refractivity contribution in [2.24, 2.45) is 5.73 Å². The lowest BCUT2D eigenvalue weighted by molar-refractivity contribution is -0.118. The second-order valence-corrected chi connectivity index (χ2v) is 10.7. The predicted octanol–water partition coefficient (Wildman–Crippen LogP) is 3.44. The highest BCUT2D eigenvalue weighted by Crippen LogP contribution is 2.19. The number of H-pyrrole nitrogens is 1. The lowest BCUT2D eigenvalue weighted by atomic mass is 10.0. The monoisotopic (exact) mass is 541 g/mol. The number of rotatable bonds is 12. The van der Waals surface area contributed by atoms with E-state index in [0.29, 0.717) is 12.8 Å². The third kappa shape index (κ3) is 7.71. The van der Waals surface area contributed by atoms with Gasteiger partial charge in [-0.3, -0.25) is 4.79 Å². The number of carbonyl (C=O) groups is 1. The molecule has 4 rings (SSSR count). The highest BCUT2D eigenvalue weighted by Gasteiger charge is 2.23. The van der Waals surface area contributed by atoms with Gasteiger partial charge in [-0.25, -0.2) is 4.98 Å². The van der Waals surface area contributed by atoms with Crippen LogP contribution in [0, 0.1) is 0 Å². The van der Waals surface area contributed by atoms with Crippen LogP contribution in [0.25, 0.3) is 23.2 Å². The number of hydrogen-bond acceptors (Lipinski definition) is 6. The predicted molar refractivity (Wildman–Crippen MR) is 164 cm³/mol. The lowest BCUT2D eigenvalue weighted by Gasteiger charge is -2.39. The lowest BCUT2D eigenvalue weighted by Crippen LogP contribution is -2.54. The van der Waals surface area contributed by atoms with Gasteiger partial charge in [0.2, 0.25) is 0 Å². The summed E-state index contributed by atoms with van der Waals surface area (Å²) in [4.78, 5) is 25.6. The van der Waals surface area contributed by atoms with Crippen molar-refractivity contribution >= 4 is 17.6 Å². The molecule has 0 bridgehead atoms. The summed E-state index contributed by atoms with van der Waals surface area (Å²) in [5.74, 6) is 1.11. The summed E-state index contributed by atoms with van der Waals surface area (Å²) in [5, 5.41) is 1.91. The number of benzene rings is 1. The molecule has 0 spiro atoms. The summed E-state index contributed by atoms with van der Waals surface area (Å²) in [6, 6.07) is 8.69. The number of ether oxygens (including phenoxy) is 1. The van der Waals surface area contributed by atoms with Gasteiger partial charge >= 0.3 is 0 Å². The number of aromatic amines is 1. The average molecular weight is 542 g/mol. The molecule has 7 nitrogen and oxygen atoms in total. The van der Waals surface area contributed by atoms with Gasteiger partial charge in [0.15, 0.2) is 0 Å². The van der Waals surface area contributed by atoms with Crippen LogP contribution in [0.5, 0.6) is 0 Å². The maximum atomic E-state index is 12.6.